The molecule has 2 aromatic heterocycles. The number of furan rings is 1. The van der Waals surface area contributed by atoms with Gasteiger partial charge in [0.25, 0.3) is 0 Å². The molecule has 1 atom stereocenters. The minimum atomic E-state index is 0. The summed E-state index contributed by atoms with van der Waals surface area (Å²) in [5, 5.41) is 10.6. The molecule has 3 heterocycles. The first kappa shape index (κ1) is 22.7. The Morgan fingerprint density at radius 1 is 1.43 bits per heavy atom. The quantitative estimate of drug-likeness (QED) is 0.329. The first-order valence-corrected chi connectivity index (χ1v) is 9.86. The highest BCUT2D eigenvalue weighted by Crippen LogP contribution is 2.18. The molecule has 0 aromatic carbocycles. The van der Waals surface area contributed by atoms with Crippen LogP contribution in [0.25, 0.3) is 11.6 Å². The Bertz CT molecular complexity index is 712. The van der Waals surface area contributed by atoms with Crippen molar-refractivity contribution in [3.8, 4) is 11.6 Å². The lowest BCUT2D eigenvalue weighted by Gasteiger charge is -2.24. The number of hydrogen-bond donors (Lipinski definition) is 2. The van der Waals surface area contributed by atoms with E-state index in [1.165, 1.54) is 13.0 Å². The van der Waals surface area contributed by atoms with Gasteiger partial charge in [-0.05, 0) is 37.6 Å². The second-order valence-electron chi connectivity index (χ2n) is 6.89. The fourth-order valence-corrected chi connectivity index (χ4v) is 3.57. The third-order valence-corrected chi connectivity index (χ3v) is 5.13. The SMILES string of the molecule is CCN(CC)CC1CCN(C(=NC)NCCc2nc(-c3ccco3)n[nH]2)C1.I. The Morgan fingerprint density at radius 2 is 2.25 bits per heavy atom. The third kappa shape index (κ3) is 5.94. The summed E-state index contributed by atoms with van der Waals surface area (Å²) in [5.41, 5.74) is 0. The van der Waals surface area contributed by atoms with Gasteiger partial charge in [-0.1, -0.05) is 13.8 Å². The molecule has 1 unspecified atom stereocenters. The number of H-pyrrole nitrogens is 1. The van der Waals surface area contributed by atoms with Crippen molar-refractivity contribution in [2.45, 2.75) is 26.7 Å². The number of nitrogens with zero attached hydrogens (tertiary/aromatic N) is 5. The molecule has 1 aliphatic rings. The molecule has 0 saturated carbocycles. The molecule has 2 aromatic rings. The van der Waals surface area contributed by atoms with Gasteiger partial charge >= 0.3 is 0 Å². The summed E-state index contributed by atoms with van der Waals surface area (Å²) in [7, 11) is 1.85. The summed E-state index contributed by atoms with van der Waals surface area (Å²) in [4.78, 5) is 13.8. The Kier molecular flexibility index (Phi) is 9.23. The van der Waals surface area contributed by atoms with Crippen LogP contribution in [-0.2, 0) is 6.42 Å². The average molecular weight is 501 g/mol. The molecule has 28 heavy (non-hydrogen) atoms. The van der Waals surface area contributed by atoms with E-state index in [0.29, 0.717) is 17.5 Å². The van der Waals surface area contributed by atoms with E-state index >= 15 is 0 Å². The van der Waals surface area contributed by atoms with Gasteiger partial charge in [0.2, 0.25) is 5.82 Å². The largest absolute Gasteiger partial charge is 0.461 e. The van der Waals surface area contributed by atoms with Crippen molar-refractivity contribution in [3.05, 3.63) is 24.2 Å². The maximum Gasteiger partial charge on any atom is 0.216 e. The van der Waals surface area contributed by atoms with Crippen LogP contribution in [0.1, 0.15) is 26.1 Å². The van der Waals surface area contributed by atoms with Gasteiger partial charge in [-0.2, -0.15) is 5.10 Å². The molecule has 156 valence electrons. The number of aliphatic imine (C=N–C) groups is 1. The van der Waals surface area contributed by atoms with Crippen molar-refractivity contribution in [3.63, 3.8) is 0 Å². The van der Waals surface area contributed by atoms with E-state index < -0.39 is 0 Å². The van der Waals surface area contributed by atoms with E-state index in [0.717, 1.165) is 50.9 Å². The highest BCUT2D eigenvalue weighted by molar-refractivity contribution is 14.0. The topological polar surface area (TPSA) is 85.6 Å². The third-order valence-electron chi connectivity index (χ3n) is 5.13. The van der Waals surface area contributed by atoms with E-state index in [9.17, 15) is 0 Å². The fourth-order valence-electron chi connectivity index (χ4n) is 3.57. The number of likely N-dealkylation sites (tertiary alicyclic amines) is 1. The van der Waals surface area contributed by atoms with Crippen LogP contribution in [0.3, 0.4) is 0 Å². The number of aromatic nitrogens is 3. The second kappa shape index (κ2) is 11.4. The Labute approximate surface area is 184 Å². The highest BCUT2D eigenvalue weighted by atomic mass is 127. The van der Waals surface area contributed by atoms with E-state index in [-0.39, 0.29) is 24.0 Å². The van der Waals surface area contributed by atoms with Crippen LogP contribution in [-0.4, -0.2) is 77.3 Å². The first-order valence-electron chi connectivity index (χ1n) is 9.86. The fraction of sp³-hybridized carbons (Fsp3) is 0.632. The van der Waals surface area contributed by atoms with Gasteiger partial charge in [-0.25, -0.2) is 4.98 Å². The summed E-state index contributed by atoms with van der Waals surface area (Å²) in [5.74, 6) is 3.80. The van der Waals surface area contributed by atoms with Crippen LogP contribution in [0.5, 0.6) is 0 Å². The maximum absolute atomic E-state index is 5.32. The second-order valence-corrected chi connectivity index (χ2v) is 6.89. The van der Waals surface area contributed by atoms with Crippen LogP contribution in [0.15, 0.2) is 27.8 Å². The standard InChI is InChI=1S/C19H31N7O.HI/c1-4-25(5-2)13-15-9-11-26(14-15)19(20-3)21-10-8-17-22-18(24-23-17)16-7-6-12-27-16;/h6-7,12,15H,4-5,8-11,13-14H2,1-3H3,(H,20,21)(H,22,23,24);1H. The molecule has 0 aliphatic carbocycles. The highest BCUT2D eigenvalue weighted by Gasteiger charge is 2.25. The van der Waals surface area contributed by atoms with Gasteiger partial charge in [-0.15, -0.1) is 24.0 Å². The zero-order valence-corrected chi connectivity index (χ0v) is 19.3. The van der Waals surface area contributed by atoms with Crippen molar-refractivity contribution in [1.29, 1.82) is 0 Å². The smallest absolute Gasteiger partial charge is 0.216 e. The van der Waals surface area contributed by atoms with Gasteiger partial charge < -0.3 is 19.5 Å². The molecule has 9 heteroatoms. The first-order chi connectivity index (χ1) is 13.2. The molecule has 1 saturated heterocycles. The predicted octanol–water partition coefficient (Wildman–Crippen LogP) is 2.46. The van der Waals surface area contributed by atoms with Crippen molar-refractivity contribution >= 4 is 29.9 Å². The number of rotatable bonds is 8. The van der Waals surface area contributed by atoms with Crippen LogP contribution in [0, 0.1) is 5.92 Å². The van der Waals surface area contributed by atoms with E-state index in [1.807, 2.05) is 19.2 Å². The van der Waals surface area contributed by atoms with Crippen LogP contribution in [0.2, 0.25) is 0 Å². The number of halogens is 1. The molecule has 2 N–H and O–H groups in total. The molecule has 8 nitrogen and oxygen atoms in total. The molecular weight excluding hydrogens is 469 g/mol. The number of guanidine groups is 1. The van der Waals surface area contributed by atoms with Gasteiger partial charge in [0, 0.05) is 39.6 Å². The summed E-state index contributed by atoms with van der Waals surface area (Å²) in [6.07, 6.45) is 3.61. The molecule has 0 spiro atoms. The van der Waals surface area contributed by atoms with Gasteiger partial charge in [0.05, 0.1) is 6.26 Å². The minimum Gasteiger partial charge on any atom is -0.461 e. The van der Waals surface area contributed by atoms with E-state index in [1.54, 1.807) is 6.26 Å². The van der Waals surface area contributed by atoms with Crippen molar-refractivity contribution in [2.24, 2.45) is 10.9 Å². The van der Waals surface area contributed by atoms with Gasteiger partial charge in [0.15, 0.2) is 11.7 Å². The van der Waals surface area contributed by atoms with Crippen LogP contribution in [0.4, 0.5) is 0 Å². The van der Waals surface area contributed by atoms with Gasteiger partial charge in [-0.3, -0.25) is 10.1 Å². The Morgan fingerprint density at radius 3 is 2.93 bits per heavy atom. The predicted molar refractivity (Wildman–Crippen MR) is 122 cm³/mol. The van der Waals surface area contributed by atoms with Gasteiger partial charge in [0.1, 0.15) is 5.82 Å². The normalized spacial score (nSPS) is 17.2. The summed E-state index contributed by atoms with van der Waals surface area (Å²) in [6.45, 7) is 10.8. The Balaban J connectivity index is 0.00000280. The molecule has 0 radical (unpaired) electrons. The van der Waals surface area contributed by atoms with E-state index in [4.69, 9.17) is 4.42 Å². The zero-order chi connectivity index (χ0) is 19.1. The number of nitrogens with one attached hydrogen (secondary N) is 2. The molecule has 3 rings (SSSR count). The van der Waals surface area contributed by atoms with E-state index in [2.05, 4.69) is 49.1 Å². The summed E-state index contributed by atoms with van der Waals surface area (Å²) < 4.78 is 5.32. The Hall–Kier alpha value is -1.62. The molecule has 0 amide bonds. The van der Waals surface area contributed by atoms with Crippen molar-refractivity contribution in [1.82, 2.24) is 30.3 Å². The lowest BCUT2D eigenvalue weighted by Crippen LogP contribution is -2.41. The zero-order valence-electron chi connectivity index (χ0n) is 17.0. The average Bonchev–Trinajstić information content (AvgIpc) is 3.44. The molecular formula is C19H32IN7O. The van der Waals surface area contributed by atoms with Crippen LogP contribution >= 0.6 is 24.0 Å². The lowest BCUT2D eigenvalue weighted by atomic mass is 10.1. The van der Waals surface area contributed by atoms with Crippen molar-refractivity contribution < 1.29 is 4.42 Å². The number of hydrogen-bond acceptors (Lipinski definition) is 5. The summed E-state index contributed by atoms with van der Waals surface area (Å²) >= 11 is 0. The number of aromatic amines is 1. The monoisotopic (exact) mass is 501 g/mol. The minimum absolute atomic E-state index is 0. The van der Waals surface area contributed by atoms with Crippen molar-refractivity contribution in [2.75, 3.05) is 46.3 Å². The lowest BCUT2D eigenvalue weighted by molar-refractivity contribution is 0.255. The molecule has 1 aliphatic heterocycles. The molecule has 0 bridgehead atoms. The van der Waals surface area contributed by atoms with Crippen LogP contribution < -0.4 is 5.32 Å². The molecule has 1 fully saturated rings. The maximum atomic E-state index is 5.32. The summed E-state index contributed by atoms with van der Waals surface area (Å²) in [6, 6.07) is 3.69.